The van der Waals surface area contributed by atoms with Gasteiger partial charge in [-0.1, -0.05) is 29.8 Å². The largest absolute Gasteiger partial charge is 0.310 e. The van der Waals surface area contributed by atoms with E-state index in [0.29, 0.717) is 36.5 Å². The van der Waals surface area contributed by atoms with Crippen LogP contribution in [-0.4, -0.2) is 30.1 Å². The zero-order valence-electron chi connectivity index (χ0n) is 19.6. The zero-order valence-corrected chi connectivity index (χ0v) is 20.4. The fourth-order valence-corrected chi connectivity index (χ4v) is 5.37. The van der Waals surface area contributed by atoms with Gasteiger partial charge in [-0.2, -0.15) is 5.10 Å². The molecular formula is C28H25ClN6O. The van der Waals surface area contributed by atoms with Gasteiger partial charge in [-0.05, 0) is 72.4 Å². The minimum Gasteiger partial charge on any atom is -0.310 e. The SMILES string of the molecule is O=C(C[C@H]1C[C@@H]1c1cccc(Cl)c1)Nc1nccc2nn(Cc3cn4cc(C5CC5)ccc4n3)cc12. The number of benzene rings is 1. The Balaban J connectivity index is 1.05. The Morgan fingerprint density at radius 1 is 1.08 bits per heavy atom. The van der Waals surface area contributed by atoms with Gasteiger partial charge in [0.15, 0.2) is 0 Å². The van der Waals surface area contributed by atoms with Gasteiger partial charge in [0, 0.05) is 36.2 Å². The number of anilines is 1. The highest BCUT2D eigenvalue weighted by atomic mass is 35.5. The van der Waals surface area contributed by atoms with Crippen LogP contribution >= 0.6 is 11.6 Å². The van der Waals surface area contributed by atoms with E-state index < -0.39 is 0 Å². The molecule has 2 fully saturated rings. The van der Waals surface area contributed by atoms with Crippen LogP contribution in [0.15, 0.2) is 67.3 Å². The number of rotatable bonds is 7. The summed E-state index contributed by atoms with van der Waals surface area (Å²) < 4.78 is 3.97. The van der Waals surface area contributed by atoms with E-state index in [-0.39, 0.29) is 5.91 Å². The number of carbonyl (C=O) groups is 1. The van der Waals surface area contributed by atoms with E-state index >= 15 is 0 Å². The van der Waals surface area contributed by atoms with Gasteiger partial charge in [-0.3, -0.25) is 9.48 Å². The van der Waals surface area contributed by atoms with Crippen LogP contribution in [0.5, 0.6) is 0 Å². The average Bonchev–Trinajstić information content (AvgIpc) is 3.77. The second kappa shape index (κ2) is 8.45. The van der Waals surface area contributed by atoms with Crippen LogP contribution in [0.3, 0.4) is 0 Å². The number of amides is 1. The fraction of sp³-hybridized carbons (Fsp3) is 0.286. The molecule has 8 heteroatoms. The lowest BCUT2D eigenvalue weighted by atomic mass is 10.1. The van der Waals surface area contributed by atoms with Crippen LogP contribution in [0.1, 0.15) is 54.3 Å². The Bertz CT molecular complexity index is 1620. The molecule has 2 atom stereocenters. The number of hydrogen-bond acceptors (Lipinski definition) is 4. The molecule has 7 rings (SSSR count). The number of halogens is 1. The van der Waals surface area contributed by atoms with Gasteiger partial charge in [0.25, 0.3) is 0 Å². The predicted molar refractivity (Wildman–Crippen MR) is 139 cm³/mol. The lowest BCUT2D eigenvalue weighted by Crippen LogP contribution is -2.13. The van der Waals surface area contributed by atoms with Crippen LogP contribution < -0.4 is 5.32 Å². The van der Waals surface area contributed by atoms with E-state index in [0.717, 1.165) is 33.7 Å². The molecule has 2 aliphatic carbocycles. The van der Waals surface area contributed by atoms with E-state index in [2.05, 4.69) is 45.3 Å². The maximum Gasteiger partial charge on any atom is 0.225 e. The molecule has 0 spiro atoms. The summed E-state index contributed by atoms with van der Waals surface area (Å²) in [5.41, 5.74) is 5.26. The standard InChI is InChI=1S/C28H25ClN6O/c29-21-3-1-2-18(10-21)23-11-20(23)12-27(36)32-28-24-16-35(33-25(24)8-9-30-28)15-22-14-34-13-19(17-4-5-17)6-7-26(34)31-22/h1-3,6-10,13-14,16-17,20,23H,4-5,11-12,15H2,(H,30,32,36)/t20-,23-/m1/s1. The highest BCUT2D eigenvalue weighted by molar-refractivity contribution is 6.30. The maximum absolute atomic E-state index is 12.8. The molecule has 1 amide bonds. The highest BCUT2D eigenvalue weighted by Gasteiger charge is 2.39. The molecule has 7 nitrogen and oxygen atoms in total. The summed E-state index contributed by atoms with van der Waals surface area (Å²) in [5.74, 6) is 1.96. The number of nitrogens with one attached hydrogen (secondary N) is 1. The summed E-state index contributed by atoms with van der Waals surface area (Å²) in [6.07, 6.45) is 11.9. The van der Waals surface area contributed by atoms with Crippen molar-refractivity contribution in [1.82, 2.24) is 24.1 Å². The zero-order chi connectivity index (χ0) is 24.2. The third-order valence-corrected chi connectivity index (χ3v) is 7.52. The third kappa shape index (κ3) is 4.24. The molecule has 5 aromatic rings. The lowest BCUT2D eigenvalue weighted by molar-refractivity contribution is -0.116. The number of nitrogens with zero attached hydrogens (tertiary/aromatic N) is 5. The van der Waals surface area contributed by atoms with Gasteiger partial charge >= 0.3 is 0 Å². The molecule has 4 heterocycles. The summed E-state index contributed by atoms with van der Waals surface area (Å²) in [6, 6.07) is 14.1. The number of imidazole rings is 1. The van der Waals surface area contributed by atoms with Gasteiger partial charge in [0.1, 0.15) is 11.5 Å². The first-order chi connectivity index (χ1) is 17.6. The third-order valence-electron chi connectivity index (χ3n) is 7.28. The lowest BCUT2D eigenvalue weighted by Gasteiger charge is -2.05. The molecule has 0 unspecified atom stereocenters. The number of hydrogen-bond donors (Lipinski definition) is 1. The Hall–Kier alpha value is -3.71. The van der Waals surface area contributed by atoms with Crippen molar-refractivity contribution in [3.8, 4) is 0 Å². The van der Waals surface area contributed by atoms with Gasteiger partial charge in [-0.25, -0.2) is 9.97 Å². The quantitative estimate of drug-likeness (QED) is 0.309. The van der Waals surface area contributed by atoms with Crippen molar-refractivity contribution in [2.45, 2.75) is 44.1 Å². The molecule has 2 aliphatic rings. The van der Waals surface area contributed by atoms with Crippen LogP contribution in [-0.2, 0) is 11.3 Å². The van der Waals surface area contributed by atoms with Crippen molar-refractivity contribution in [3.63, 3.8) is 0 Å². The number of pyridine rings is 2. The smallest absolute Gasteiger partial charge is 0.225 e. The summed E-state index contributed by atoms with van der Waals surface area (Å²) >= 11 is 6.13. The van der Waals surface area contributed by atoms with Gasteiger partial charge in [0.05, 0.1) is 23.1 Å². The number of carbonyl (C=O) groups excluding carboxylic acids is 1. The van der Waals surface area contributed by atoms with Crippen LogP contribution in [0.2, 0.25) is 5.02 Å². The molecule has 4 aromatic heterocycles. The minimum atomic E-state index is -0.0240. The Labute approximate surface area is 213 Å². The predicted octanol–water partition coefficient (Wildman–Crippen LogP) is 5.79. The van der Waals surface area contributed by atoms with E-state index in [1.807, 2.05) is 35.1 Å². The molecule has 0 saturated heterocycles. The topological polar surface area (TPSA) is 77.1 Å². The molecule has 1 N–H and O–H groups in total. The Kier molecular flexibility index (Phi) is 5.06. The average molecular weight is 497 g/mol. The molecule has 0 aliphatic heterocycles. The van der Waals surface area contributed by atoms with Gasteiger partial charge < -0.3 is 9.72 Å². The van der Waals surface area contributed by atoms with Crippen molar-refractivity contribution in [2.24, 2.45) is 5.92 Å². The van der Waals surface area contributed by atoms with Crippen LogP contribution in [0.25, 0.3) is 16.6 Å². The van der Waals surface area contributed by atoms with Crippen molar-refractivity contribution >= 4 is 39.9 Å². The first-order valence-electron chi connectivity index (χ1n) is 12.4. The Morgan fingerprint density at radius 3 is 2.86 bits per heavy atom. The number of aromatic nitrogens is 5. The van der Waals surface area contributed by atoms with Gasteiger partial charge in [-0.15, -0.1) is 0 Å². The monoisotopic (exact) mass is 496 g/mol. The Morgan fingerprint density at radius 2 is 2.00 bits per heavy atom. The summed E-state index contributed by atoms with van der Waals surface area (Å²) in [5, 5.41) is 9.28. The van der Waals surface area contributed by atoms with E-state index in [1.165, 1.54) is 24.0 Å². The molecule has 180 valence electrons. The minimum absolute atomic E-state index is 0.0240. The van der Waals surface area contributed by atoms with E-state index in [1.54, 1.807) is 6.20 Å². The molecule has 0 radical (unpaired) electrons. The van der Waals surface area contributed by atoms with Crippen molar-refractivity contribution < 1.29 is 4.79 Å². The second-order valence-electron chi connectivity index (χ2n) is 10.1. The fourth-order valence-electron chi connectivity index (χ4n) is 5.18. The molecule has 0 bridgehead atoms. The van der Waals surface area contributed by atoms with E-state index in [9.17, 15) is 4.79 Å². The number of fused-ring (bicyclic) bond motifs is 2. The first kappa shape index (κ1) is 21.6. The van der Waals surface area contributed by atoms with Crippen molar-refractivity contribution in [3.05, 3.63) is 89.1 Å². The maximum atomic E-state index is 12.8. The molecule has 36 heavy (non-hydrogen) atoms. The van der Waals surface area contributed by atoms with Crippen molar-refractivity contribution in [1.29, 1.82) is 0 Å². The molecular weight excluding hydrogens is 472 g/mol. The van der Waals surface area contributed by atoms with Crippen LogP contribution in [0, 0.1) is 5.92 Å². The highest BCUT2D eigenvalue weighted by Crippen LogP contribution is 2.50. The van der Waals surface area contributed by atoms with Crippen molar-refractivity contribution in [2.75, 3.05) is 5.32 Å². The summed E-state index contributed by atoms with van der Waals surface area (Å²) in [6.45, 7) is 0.548. The molecule has 2 saturated carbocycles. The van der Waals surface area contributed by atoms with E-state index in [4.69, 9.17) is 21.7 Å². The normalized spacial score (nSPS) is 19.1. The van der Waals surface area contributed by atoms with Crippen LogP contribution in [0.4, 0.5) is 5.82 Å². The summed E-state index contributed by atoms with van der Waals surface area (Å²) in [7, 11) is 0. The first-order valence-corrected chi connectivity index (χ1v) is 12.8. The second-order valence-corrected chi connectivity index (χ2v) is 10.5. The van der Waals surface area contributed by atoms with Gasteiger partial charge in [0.2, 0.25) is 5.91 Å². The molecule has 1 aromatic carbocycles. The summed E-state index contributed by atoms with van der Waals surface area (Å²) in [4.78, 5) is 22.0.